The average Bonchev–Trinajstić information content (AvgIpc) is 2.83. The van der Waals surface area contributed by atoms with Crippen LogP contribution in [0.25, 0.3) is 0 Å². The summed E-state index contributed by atoms with van der Waals surface area (Å²) in [6.07, 6.45) is 16.4. The molecule has 460 valence electrons. The molecule has 18 heteroatoms. The van der Waals surface area contributed by atoms with E-state index in [-0.39, 0.29) is 61.7 Å². The van der Waals surface area contributed by atoms with Crippen molar-refractivity contribution in [2.45, 2.75) is 200 Å². The van der Waals surface area contributed by atoms with Crippen LogP contribution in [0.5, 0.6) is 0 Å². The van der Waals surface area contributed by atoms with Gasteiger partial charge in [-0.2, -0.15) is 9.36 Å². The highest BCUT2D eigenvalue weighted by Crippen LogP contribution is 2.38. The maximum atomic E-state index is 14.8. The van der Waals surface area contributed by atoms with Gasteiger partial charge in [0.2, 0.25) is 12.3 Å². The van der Waals surface area contributed by atoms with Crippen LogP contribution in [0.4, 0.5) is 4.79 Å². The van der Waals surface area contributed by atoms with Gasteiger partial charge in [0.25, 0.3) is 11.7 Å². The smallest absolute Gasteiger partial charge is 0.460 e. The Kier molecular flexibility index (Phi) is 25.1. The molecule has 4 aliphatic rings. The molecular weight excluding hydrogens is 1070 g/mol. The summed E-state index contributed by atoms with van der Waals surface area (Å²) in [7, 11) is 4.54. The molecule has 2 aromatic heterocycles. The third kappa shape index (κ3) is 18.0. The number of rotatable bonds is 10. The Labute approximate surface area is 496 Å². The number of methoxy groups -OCH3 is 3. The number of ketones is 3. The second-order valence-corrected chi connectivity index (χ2v) is 24.2. The maximum Gasteiger partial charge on any atom is 0.602 e. The van der Waals surface area contributed by atoms with Crippen molar-refractivity contribution in [1.29, 1.82) is 0 Å². The summed E-state index contributed by atoms with van der Waals surface area (Å²) in [5, 5.41) is 12.1. The molecule has 3 aliphatic heterocycles. The Balaban J connectivity index is 1.33. The Hall–Kier alpha value is -6.05. The van der Waals surface area contributed by atoms with Crippen LogP contribution in [0.3, 0.4) is 0 Å². The number of pyridine rings is 2. The average molecular weight is 1170 g/mol. The van der Waals surface area contributed by atoms with Crippen molar-refractivity contribution in [3.05, 3.63) is 108 Å². The van der Waals surface area contributed by atoms with Gasteiger partial charge in [0.05, 0.1) is 18.3 Å². The van der Waals surface area contributed by atoms with Gasteiger partial charge in [-0.05, 0) is 132 Å². The lowest BCUT2D eigenvalue weighted by Gasteiger charge is -2.42. The molecule has 2 saturated heterocycles. The standard InChI is InChI=1S/C66H93N3O15/c1-41-25-30-67(31-26-41)40-58(71)81-54-24-22-50(37-57(54)79-11)36-46(6)56-39-53(70)45(5)35-48(8)60(83-65(76)68-32-27-42(2)28-33-68)61(80-12)59(72)47(7)34-43(3)18-14-13-15-19-44(4)55(78-10)38-51-23-21-49(9)66(77,84-51)62(73)63(74)69-29-17-16-20-52(69)64(75)82-56/h13-15,18-19,25-28,30-33,35,43,45-47,49-52,54-57,60-61,77H,16-17,20-24,29,34,36-40H2,1-12H3/q+2/b15-13+,18-14+,44-19+,48-35+/t43-,45-,46-,47-,49-,50+,51+,52+,54-,55-,56+,57-,60-,61+,66-/m1/s1. The topological polar surface area (TPSA) is 215 Å². The number of esters is 2. The molecular formula is C66H93N3O15+2. The second-order valence-electron chi connectivity index (χ2n) is 24.2. The highest BCUT2D eigenvalue weighted by molar-refractivity contribution is 6.39. The Morgan fingerprint density at radius 2 is 1.45 bits per heavy atom. The number of allylic oxidation sites excluding steroid dienone is 6. The number of aryl methyl sites for hydroxylation is 2. The third-order valence-electron chi connectivity index (χ3n) is 17.5. The Morgan fingerprint density at radius 3 is 2.12 bits per heavy atom. The molecule has 3 fully saturated rings. The number of nitrogens with zero attached hydrogens (tertiary/aromatic N) is 3. The van der Waals surface area contributed by atoms with Gasteiger partial charge < -0.3 is 43.2 Å². The number of fused-ring (bicyclic) bond motifs is 3. The number of hydrogen-bond acceptors (Lipinski definition) is 15. The SMILES string of the molecule is CO[C@@H]1C[C@@H]2CC[C@@H](C)[C@@](O)(O2)C(=O)C(=O)N2CCCC[C@H]2C(=O)O[C@H]([C@H](C)C[C@@H]2CC[C@@H](OC(=O)C[n+]3ccc(C)cc3)[C@H](OC)C2)CC(=O)[C@H](C)/C=C(\C)[C@@H](OC(=O)[n+]2ccc(C)cc2)[C@@H](OC)C(=O)[C@H](C)C[C@H](C)/C=C/C=C/C=C/1C. The van der Waals surface area contributed by atoms with Crippen molar-refractivity contribution in [3.8, 4) is 0 Å². The van der Waals surface area contributed by atoms with E-state index in [0.717, 1.165) is 16.7 Å². The summed E-state index contributed by atoms with van der Waals surface area (Å²) in [6.45, 7) is 16.6. The van der Waals surface area contributed by atoms with Crippen LogP contribution in [-0.4, -0.2) is 134 Å². The van der Waals surface area contributed by atoms with Gasteiger partial charge in [-0.25, -0.2) is 9.59 Å². The molecule has 2 bridgehead atoms. The number of aromatic nitrogens is 2. The summed E-state index contributed by atoms with van der Waals surface area (Å²) >= 11 is 0. The lowest BCUT2D eigenvalue weighted by molar-refractivity contribution is -0.686. The summed E-state index contributed by atoms with van der Waals surface area (Å²) in [5.74, 6) is -9.15. The number of ether oxygens (including phenoxy) is 7. The van der Waals surface area contributed by atoms with Crippen molar-refractivity contribution in [2.75, 3.05) is 27.9 Å². The van der Waals surface area contributed by atoms with Crippen LogP contribution in [-0.2, 0) is 68.5 Å². The molecule has 18 nitrogen and oxygen atoms in total. The minimum atomic E-state index is -2.48. The van der Waals surface area contributed by atoms with E-state index in [9.17, 15) is 38.7 Å². The molecule has 0 spiro atoms. The number of aliphatic hydroxyl groups is 1. The van der Waals surface area contributed by atoms with E-state index < -0.39 is 102 Å². The number of carbonyl (C=O) groups excluding carboxylic acids is 7. The van der Waals surface area contributed by atoms with Crippen LogP contribution in [0.1, 0.15) is 137 Å². The Bertz CT molecular complexity index is 2720. The molecule has 1 amide bonds. The zero-order valence-corrected chi connectivity index (χ0v) is 51.6. The van der Waals surface area contributed by atoms with E-state index in [1.54, 1.807) is 70.2 Å². The van der Waals surface area contributed by atoms with E-state index in [0.29, 0.717) is 63.4 Å². The van der Waals surface area contributed by atoms with Crippen molar-refractivity contribution in [1.82, 2.24) is 4.90 Å². The quantitative estimate of drug-likeness (QED) is 0.0778. The first kappa shape index (κ1) is 67.1. The van der Waals surface area contributed by atoms with Crippen LogP contribution >= 0.6 is 0 Å². The predicted molar refractivity (Wildman–Crippen MR) is 311 cm³/mol. The lowest BCUT2D eigenvalue weighted by atomic mass is 9.78. The minimum Gasteiger partial charge on any atom is -0.460 e. The van der Waals surface area contributed by atoms with E-state index >= 15 is 0 Å². The molecule has 1 N–H and O–H groups in total. The second kappa shape index (κ2) is 31.4. The van der Waals surface area contributed by atoms with Gasteiger partial charge in [0.15, 0.2) is 42.8 Å². The van der Waals surface area contributed by atoms with Crippen molar-refractivity contribution in [3.63, 3.8) is 0 Å². The first-order valence-electron chi connectivity index (χ1n) is 30.1. The molecule has 6 rings (SSSR count). The van der Waals surface area contributed by atoms with Crippen LogP contribution in [0.15, 0.2) is 96.7 Å². The molecule has 0 radical (unpaired) electrons. The fourth-order valence-corrected chi connectivity index (χ4v) is 12.2. The van der Waals surface area contributed by atoms with Crippen LogP contribution in [0, 0.1) is 49.4 Å². The third-order valence-corrected chi connectivity index (χ3v) is 17.5. The molecule has 15 atom stereocenters. The van der Waals surface area contributed by atoms with E-state index in [1.165, 1.54) is 16.6 Å². The zero-order valence-electron chi connectivity index (χ0n) is 51.6. The van der Waals surface area contributed by atoms with E-state index in [4.69, 9.17) is 33.2 Å². The summed E-state index contributed by atoms with van der Waals surface area (Å²) in [4.78, 5) is 101. The molecule has 1 aliphatic carbocycles. The lowest BCUT2D eigenvalue weighted by Crippen LogP contribution is -2.61. The molecule has 0 aromatic carbocycles. The normalized spacial score (nSPS) is 33.7. The highest BCUT2D eigenvalue weighted by Gasteiger charge is 2.53. The van der Waals surface area contributed by atoms with Crippen molar-refractivity contribution in [2.24, 2.45) is 35.5 Å². The zero-order chi connectivity index (χ0) is 61.4. The Morgan fingerprint density at radius 1 is 0.762 bits per heavy atom. The van der Waals surface area contributed by atoms with Crippen molar-refractivity contribution < 1.29 is 81.0 Å². The highest BCUT2D eigenvalue weighted by atomic mass is 16.6. The number of carbonyl (C=O) groups is 7. The number of piperidine rings is 1. The van der Waals surface area contributed by atoms with Gasteiger partial charge in [0, 0.05) is 82.7 Å². The summed E-state index contributed by atoms with van der Waals surface area (Å²) in [6, 6.07) is 6.12. The largest absolute Gasteiger partial charge is 0.602 e. The van der Waals surface area contributed by atoms with E-state index in [2.05, 4.69) is 0 Å². The van der Waals surface area contributed by atoms with Crippen molar-refractivity contribution >= 4 is 41.3 Å². The molecule has 0 unspecified atom stereocenters. The number of cyclic esters (lactones) is 1. The fraction of sp³-hybridized carbons (Fsp3) is 0.621. The number of hydrogen-bond donors (Lipinski definition) is 1. The van der Waals surface area contributed by atoms with Gasteiger partial charge in [0.1, 0.15) is 24.0 Å². The number of Topliss-reactive ketones (excluding diaryl/α,β-unsaturated/α-hetero) is 3. The molecule has 84 heavy (non-hydrogen) atoms. The summed E-state index contributed by atoms with van der Waals surface area (Å²) < 4.78 is 45.6. The van der Waals surface area contributed by atoms with Crippen LogP contribution in [0.2, 0.25) is 0 Å². The molecule has 5 heterocycles. The molecule has 1 saturated carbocycles. The molecule has 2 aromatic rings. The number of amides is 1. The van der Waals surface area contributed by atoms with Gasteiger partial charge in [-0.3, -0.25) is 19.2 Å². The minimum absolute atomic E-state index is 0.00415. The fourth-order valence-electron chi connectivity index (χ4n) is 12.2. The maximum absolute atomic E-state index is 14.8. The van der Waals surface area contributed by atoms with E-state index in [1.807, 2.05) is 96.4 Å². The van der Waals surface area contributed by atoms with Gasteiger partial charge >= 0.3 is 18.0 Å². The monoisotopic (exact) mass is 1170 g/mol. The van der Waals surface area contributed by atoms with Gasteiger partial charge in [-0.1, -0.05) is 75.6 Å². The van der Waals surface area contributed by atoms with Gasteiger partial charge in [-0.15, -0.1) is 0 Å². The first-order chi connectivity index (χ1) is 40.0. The van der Waals surface area contributed by atoms with Crippen LogP contribution < -0.4 is 9.13 Å². The predicted octanol–water partition coefficient (Wildman–Crippen LogP) is 8.32. The first-order valence-corrected chi connectivity index (χ1v) is 30.1. The summed E-state index contributed by atoms with van der Waals surface area (Å²) in [5.41, 5.74) is 3.23.